The van der Waals surface area contributed by atoms with Crippen LogP contribution in [0.2, 0.25) is 0 Å². The number of amides is 2. The highest BCUT2D eigenvalue weighted by atomic mass is 19.4. The summed E-state index contributed by atoms with van der Waals surface area (Å²) in [6, 6.07) is 4.85. The summed E-state index contributed by atoms with van der Waals surface area (Å²) in [4.78, 5) is 32.7. The Morgan fingerprint density at radius 2 is 1.79 bits per heavy atom. The lowest BCUT2D eigenvalue weighted by Gasteiger charge is -2.33. The van der Waals surface area contributed by atoms with Gasteiger partial charge in [0.15, 0.2) is 0 Å². The number of halogens is 3. The van der Waals surface area contributed by atoms with E-state index >= 15 is 0 Å². The van der Waals surface area contributed by atoms with Gasteiger partial charge in [0.25, 0.3) is 0 Å². The minimum atomic E-state index is -4.76. The van der Waals surface area contributed by atoms with Gasteiger partial charge in [0.1, 0.15) is 18.0 Å². The van der Waals surface area contributed by atoms with Crippen molar-refractivity contribution in [1.82, 2.24) is 15.3 Å². The Hall–Kier alpha value is -3.57. The Labute approximate surface area is 220 Å². The number of hydrogen-bond acceptors (Lipinski definition) is 6. The van der Waals surface area contributed by atoms with Gasteiger partial charge in [0.2, 0.25) is 5.95 Å². The maximum absolute atomic E-state index is 14.0. The SMILES string of the molecule is CCN(C(=O)O)c1nccc(-c2ccc(OC[C@](C)(CC(C)C)NC(=O)OC(C)(C)C)c(C(F)(F)F)c2)n1. The number of rotatable bonds is 9. The number of aromatic nitrogens is 2. The third kappa shape index (κ3) is 8.77. The van der Waals surface area contributed by atoms with Crippen LogP contribution < -0.4 is 15.0 Å². The summed E-state index contributed by atoms with van der Waals surface area (Å²) in [5, 5.41) is 12.1. The van der Waals surface area contributed by atoms with Crippen LogP contribution in [0.25, 0.3) is 11.3 Å². The number of alkyl halides is 3. The molecule has 0 bridgehead atoms. The maximum Gasteiger partial charge on any atom is 0.419 e. The number of hydrogen-bond donors (Lipinski definition) is 2. The molecule has 0 aliphatic rings. The van der Waals surface area contributed by atoms with E-state index in [1.807, 2.05) is 13.8 Å². The third-order valence-corrected chi connectivity index (χ3v) is 5.22. The number of anilines is 1. The summed E-state index contributed by atoms with van der Waals surface area (Å²) in [7, 11) is 0. The second-order valence-corrected chi connectivity index (χ2v) is 10.6. The van der Waals surface area contributed by atoms with Gasteiger partial charge in [0.05, 0.1) is 16.8 Å². The molecule has 0 unspecified atom stereocenters. The fourth-order valence-corrected chi connectivity index (χ4v) is 3.87. The molecule has 1 aromatic heterocycles. The first-order valence-corrected chi connectivity index (χ1v) is 12.1. The molecule has 0 spiro atoms. The van der Waals surface area contributed by atoms with Gasteiger partial charge in [-0.05, 0) is 71.2 Å². The molecule has 210 valence electrons. The van der Waals surface area contributed by atoms with E-state index in [1.165, 1.54) is 24.4 Å². The van der Waals surface area contributed by atoms with Crippen LogP contribution in [-0.4, -0.2) is 51.6 Å². The average Bonchev–Trinajstić information content (AvgIpc) is 2.75. The first-order valence-electron chi connectivity index (χ1n) is 12.1. The Bertz CT molecular complexity index is 1130. The third-order valence-electron chi connectivity index (χ3n) is 5.22. The van der Waals surface area contributed by atoms with Crippen LogP contribution >= 0.6 is 0 Å². The molecule has 0 aliphatic carbocycles. The van der Waals surface area contributed by atoms with E-state index in [0.717, 1.165) is 11.0 Å². The molecular weight excluding hydrogens is 505 g/mol. The topological polar surface area (TPSA) is 114 Å². The minimum Gasteiger partial charge on any atom is -0.491 e. The monoisotopic (exact) mass is 540 g/mol. The molecule has 1 heterocycles. The van der Waals surface area contributed by atoms with E-state index in [2.05, 4.69) is 15.3 Å². The van der Waals surface area contributed by atoms with Crippen LogP contribution in [0.5, 0.6) is 5.75 Å². The predicted molar refractivity (Wildman–Crippen MR) is 136 cm³/mol. The number of benzene rings is 1. The molecule has 0 saturated heterocycles. The maximum atomic E-state index is 14.0. The molecule has 0 aliphatic heterocycles. The van der Waals surface area contributed by atoms with Gasteiger partial charge < -0.3 is 19.9 Å². The highest BCUT2D eigenvalue weighted by molar-refractivity contribution is 5.83. The van der Waals surface area contributed by atoms with E-state index in [9.17, 15) is 27.9 Å². The van der Waals surface area contributed by atoms with E-state index in [4.69, 9.17) is 9.47 Å². The van der Waals surface area contributed by atoms with Crippen molar-refractivity contribution in [2.75, 3.05) is 18.1 Å². The summed E-state index contributed by atoms with van der Waals surface area (Å²) < 4.78 is 53.1. The van der Waals surface area contributed by atoms with Crippen LogP contribution in [0.15, 0.2) is 30.5 Å². The molecular formula is C26H35F3N4O5. The smallest absolute Gasteiger partial charge is 0.419 e. The fourth-order valence-electron chi connectivity index (χ4n) is 3.87. The number of carbonyl (C=O) groups excluding carboxylic acids is 1. The lowest BCUT2D eigenvalue weighted by atomic mass is 9.91. The van der Waals surface area contributed by atoms with Crippen molar-refractivity contribution in [3.63, 3.8) is 0 Å². The zero-order valence-corrected chi connectivity index (χ0v) is 22.6. The Morgan fingerprint density at radius 1 is 1.13 bits per heavy atom. The van der Waals surface area contributed by atoms with Gasteiger partial charge >= 0.3 is 18.4 Å². The van der Waals surface area contributed by atoms with Gasteiger partial charge in [0, 0.05) is 18.3 Å². The zero-order valence-electron chi connectivity index (χ0n) is 22.6. The minimum absolute atomic E-state index is 0.0614. The van der Waals surface area contributed by atoms with Gasteiger partial charge in [-0.2, -0.15) is 13.2 Å². The molecule has 0 radical (unpaired) electrons. The molecule has 0 saturated carbocycles. The van der Waals surface area contributed by atoms with E-state index < -0.39 is 40.8 Å². The van der Waals surface area contributed by atoms with Gasteiger partial charge in [-0.3, -0.25) is 0 Å². The van der Waals surface area contributed by atoms with Crippen LogP contribution in [0, 0.1) is 5.92 Å². The van der Waals surface area contributed by atoms with E-state index in [-0.39, 0.29) is 36.3 Å². The van der Waals surface area contributed by atoms with Crippen molar-refractivity contribution in [1.29, 1.82) is 0 Å². The molecule has 2 aromatic rings. The zero-order chi connectivity index (χ0) is 28.9. The van der Waals surface area contributed by atoms with Crippen LogP contribution in [0.1, 0.15) is 60.5 Å². The molecule has 38 heavy (non-hydrogen) atoms. The second kappa shape index (κ2) is 11.9. The highest BCUT2D eigenvalue weighted by Crippen LogP contribution is 2.39. The van der Waals surface area contributed by atoms with Crippen molar-refractivity contribution in [3.05, 3.63) is 36.0 Å². The molecule has 1 atom stereocenters. The molecule has 0 fully saturated rings. The number of nitrogens with one attached hydrogen (secondary N) is 1. The van der Waals surface area contributed by atoms with Crippen molar-refractivity contribution < 1.29 is 37.3 Å². The lowest BCUT2D eigenvalue weighted by Crippen LogP contribution is -2.52. The van der Waals surface area contributed by atoms with Gasteiger partial charge in [-0.15, -0.1) is 0 Å². The standard InChI is InChI=1S/C26H35F3N4O5/c1-8-33(23(35)36)21-30-12-11-19(31-21)17-9-10-20(18(13-17)26(27,28)29)37-15-25(7,14-16(2)3)32-22(34)38-24(4,5)6/h9-13,16H,8,14-15H2,1-7H3,(H,32,34)(H,35,36)/t25-/m0/s1. The van der Waals surface area contributed by atoms with Crippen molar-refractivity contribution in [3.8, 4) is 17.0 Å². The largest absolute Gasteiger partial charge is 0.491 e. The van der Waals surface area contributed by atoms with Crippen LogP contribution in [-0.2, 0) is 10.9 Å². The lowest BCUT2D eigenvalue weighted by molar-refractivity contribution is -0.139. The van der Waals surface area contributed by atoms with Crippen molar-refractivity contribution >= 4 is 18.1 Å². The number of carboxylic acid groups (broad SMARTS) is 1. The van der Waals surface area contributed by atoms with Crippen LogP contribution in [0.4, 0.5) is 28.7 Å². The number of nitrogens with zero attached hydrogens (tertiary/aromatic N) is 3. The molecule has 2 amide bonds. The number of ether oxygens (including phenoxy) is 2. The summed E-state index contributed by atoms with van der Waals surface area (Å²) in [6.07, 6.45) is -5.04. The Morgan fingerprint density at radius 3 is 2.32 bits per heavy atom. The molecule has 9 nitrogen and oxygen atoms in total. The summed E-state index contributed by atoms with van der Waals surface area (Å²) in [5.41, 5.74) is -2.58. The highest BCUT2D eigenvalue weighted by Gasteiger charge is 2.37. The fraction of sp³-hybridized carbons (Fsp3) is 0.538. The average molecular weight is 541 g/mol. The number of alkyl carbamates (subject to hydrolysis) is 1. The summed E-state index contributed by atoms with van der Waals surface area (Å²) >= 11 is 0. The molecule has 1 aromatic carbocycles. The molecule has 2 rings (SSSR count). The van der Waals surface area contributed by atoms with Crippen molar-refractivity contribution in [2.45, 2.75) is 72.2 Å². The first kappa shape index (κ1) is 30.7. The normalized spacial score (nSPS) is 13.6. The van der Waals surface area contributed by atoms with Gasteiger partial charge in [-0.25, -0.2) is 24.5 Å². The second-order valence-electron chi connectivity index (χ2n) is 10.6. The molecule has 2 N–H and O–H groups in total. The van der Waals surface area contributed by atoms with E-state index in [1.54, 1.807) is 34.6 Å². The van der Waals surface area contributed by atoms with E-state index in [0.29, 0.717) is 6.42 Å². The summed E-state index contributed by atoms with van der Waals surface area (Å²) in [6.45, 7) is 12.1. The van der Waals surface area contributed by atoms with Crippen molar-refractivity contribution in [2.24, 2.45) is 5.92 Å². The quantitative estimate of drug-likeness (QED) is 0.380. The molecule has 12 heteroatoms. The number of carbonyl (C=O) groups is 2. The van der Waals surface area contributed by atoms with Gasteiger partial charge in [-0.1, -0.05) is 13.8 Å². The Balaban J connectivity index is 2.39. The Kier molecular flexibility index (Phi) is 9.57. The summed E-state index contributed by atoms with van der Waals surface area (Å²) in [5.74, 6) is -0.468. The predicted octanol–water partition coefficient (Wildman–Crippen LogP) is 6.38. The first-order chi connectivity index (χ1) is 17.4. The van der Waals surface area contributed by atoms with Crippen LogP contribution in [0.3, 0.4) is 0 Å².